The summed E-state index contributed by atoms with van der Waals surface area (Å²) in [4.78, 5) is 27.6. The topological polar surface area (TPSA) is 70.8 Å². The maximum Gasteiger partial charge on any atom is 0.264 e. The van der Waals surface area contributed by atoms with Gasteiger partial charge >= 0.3 is 0 Å². The molecule has 1 aliphatic rings. The van der Waals surface area contributed by atoms with Crippen LogP contribution < -0.4 is 4.90 Å². The largest absolute Gasteiger partial charge is 0.458 e. The summed E-state index contributed by atoms with van der Waals surface area (Å²) in [5, 5.41) is 11.8. The van der Waals surface area contributed by atoms with Crippen LogP contribution in [0.2, 0.25) is 5.02 Å². The number of hydrogen-bond donors (Lipinski definition) is 1. The fourth-order valence-corrected chi connectivity index (χ4v) is 3.88. The molecular weight excluding hydrogens is 390 g/mol. The van der Waals surface area contributed by atoms with E-state index in [-0.39, 0.29) is 12.3 Å². The highest BCUT2D eigenvalue weighted by Gasteiger charge is 2.51. The normalized spacial score (nSPS) is 18.2. The first-order valence-corrected chi connectivity index (χ1v) is 9.66. The molecule has 1 aromatic heterocycles. The van der Waals surface area contributed by atoms with Crippen molar-refractivity contribution in [3.8, 4) is 0 Å². The van der Waals surface area contributed by atoms with Gasteiger partial charge in [-0.15, -0.1) is 0 Å². The number of hydrogen-bond acceptors (Lipinski definition) is 4. The van der Waals surface area contributed by atoms with Crippen LogP contribution in [0.5, 0.6) is 0 Å². The molecule has 0 bridgehead atoms. The van der Waals surface area contributed by atoms with E-state index in [9.17, 15) is 14.7 Å². The second-order valence-electron chi connectivity index (χ2n) is 7.35. The van der Waals surface area contributed by atoms with Crippen molar-refractivity contribution in [2.75, 3.05) is 4.90 Å². The molecule has 6 heteroatoms. The van der Waals surface area contributed by atoms with Crippen molar-refractivity contribution < 1.29 is 19.1 Å². The van der Waals surface area contributed by atoms with E-state index in [1.807, 2.05) is 31.2 Å². The lowest BCUT2D eigenvalue weighted by molar-refractivity contribution is -0.136. The number of amides is 1. The summed E-state index contributed by atoms with van der Waals surface area (Å²) in [5.74, 6) is -0.292. The zero-order valence-corrected chi connectivity index (χ0v) is 16.9. The van der Waals surface area contributed by atoms with E-state index in [1.165, 1.54) is 4.90 Å². The van der Waals surface area contributed by atoms with Crippen LogP contribution in [0.25, 0.3) is 0 Å². The SMILES string of the molecule is Cc1ccc(C(=O)C[C@@]2(O)C(=O)N(Cc3ccccc3C)c3ccc(Cl)cc32)o1. The zero-order valence-electron chi connectivity index (χ0n) is 16.1. The molecule has 0 saturated heterocycles. The van der Waals surface area contributed by atoms with Crippen LogP contribution in [-0.4, -0.2) is 16.8 Å². The highest BCUT2D eigenvalue weighted by atomic mass is 35.5. The lowest BCUT2D eigenvalue weighted by atomic mass is 9.89. The predicted octanol–water partition coefficient (Wildman–Crippen LogP) is 4.56. The molecule has 0 saturated carbocycles. The Hall–Kier alpha value is -2.89. The van der Waals surface area contributed by atoms with Gasteiger partial charge < -0.3 is 14.4 Å². The van der Waals surface area contributed by atoms with Crippen molar-refractivity contribution in [2.45, 2.75) is 32.4 Å². The number of aliphatic hydroxyl groups is 1. The number of Topliss-reactive ketones (excluding diaryl/α,β-unsaturated/α-hetero) is 1. The number of halogens is 1. The average Bonchev–Trinajstić information content (AvgIpc) is 3.20. The monoisotopic (exact) mass is 409 g/mol. The van der Waals surface area contributed by atoms with Crippen LogP contribution in [-0.2, 0) is 16.9 Å². The van der Waals surface area contributed by atoms with E-state index in [1.54, 1.807) is 37.3 Å². The van der Waals surface area contributed by atoms with Crippen LogP contribution in [0.4, 0.5) is 5.69 Å². The number of rotatable bonds is 5. The summed E-state index contributed by atoms with van der Waals surface area (Å²) in [5.41, 5.74) is 0.877. The van der Waals surface area contributed by atoms with Crippen LogP contribution in [0.15, 0.2) is 59.0 Å². The van der Waals surface area contributed by atoms with E-state index in [0.717, 1.165) is 11.1 Å². The van der Waals surface area contributed by atoms with E-state index in [0.29, 0.717) is 22.0 Å². The van der Waals surface area contributed by atoms with Crippen molar-refractivity contribution >= 4 is 29.0 Å². The highest BCUT2D eigenvalue weighted by molar-refractivity contribution is 6.31. The fraction of sp³-hybridized carbons (Fsp3) is 0.217. The molecule has 1 atom stereocenters. The molecule has 1 N–H and O–H groups in total. The zero-order chi connectivity index (χ0) is 20.8. The van der Waals surface area contributed by atoms with Crippen LogP contribution in [0.1, 0.15) is 39.4 Å². The maximum atomic E-state index is 13.3. The first-order chi connectivity index (χ1) is 13.8. The molecule has 0 spiro atoms. The van der Waals surface area contributed by atoms with Gasteiger partial charge in [0.15, 0.2) is 11.4 Å². The lowest BCUT2D eigenvalue weighted by Crippen LogP contribution is -2.41. The molecule has 0 radical (unpaired) electrons. The Bertz CT molecular complexity index is 1120. The van der Waals surface area contributed by atoms with Gasteiger partial charge in [-0.1, -0.05) is 35.9 Å². The molecule has 0 aliphatic carbocycles. The average molecular weight is 410 g/mol. The third-order valence-electron chi connectivity index (χ3n) is 5.32. The first-order valence-electron chi connectivity index (χ1n) is 9.28. The summed E-state index contributed by atoms with van der Waals surface area (Å²) >= 11 is 6.14. The molecule has 148 valence electrons. The number of carbonyl (C=O) groups is 2. The van der Waals surface area contributed by atoms with E-state index < -0.39 is 23.7 Å². The second kappa shape index (κ2) is 7.17. The number of carbonyl (C=O) groups excluding carboxylic acids is 2. The van der Waals surface area contributed by atoms with Gasteiger partial charge in [0.25, 0.3) is 5.91 Å². The third-order valence-corrected chi connectivity index (χ3v) is 5.55. The summed E-state index contributed by atoms with van der Waals surface area (Å²) in [7, 11) is 0. The predicted molar refractivity (Wildman–Crippen MR) is 110 cm³/mol. The van der Waals surface area contributed by atoms with Crippen LogP contribution in [0.3, 0.4) is 0 Å². The van der Waals surface area contributed by atoms with E-state index in [2.05, 4.69) is 0 Å². The molecule has 1 aliphatic heterocycles. The summed E-state index contributed by atoms with van der Waals surface area (Å²) in [6.45, 7) is 3.98. The number of nitrogens with zero attached hydrogens (tertiary/aromatic N) is 1. The fourth-order valence-electron chi connectivity index (χ4n) is 3.71. The molecule has 0 unspecified atom stereocenters. The van der Waals surface area contributed by atoms with Crippen LogP contribution >= 0.6 is 11.6 Å². The molecule has 5 nitrogen and oxygen atoms in total. The quantitative estimate of drug-likeness (QED) is 0.627. The molecule has 1 amide bonds. The minimum absolute atomic E-state index is 0.115. The highest BCUT2D eigenvalue weighted by Crippen LogP contribution is 2.45. The molecule has 4 rings (SSSR count). The Morgan fingerprint density at radius 1 is 1.14 bits per heavy atom. The van der Waals surface area contributed by atoms with Crippen molar-refractivity contribution in [1.29, 1.82) is 0 Å². The van der Waals surface area contributed by atoms with Gasteiger partial charge in [0.2, 0.25) is 5.78 Å². The standard InChI is InChI=1S/C23H20ClNO4/c1-14-5-3-4-6-16(14)13-25-19-9-8-17(24)11-18(19)23(28,22(25)27)12-20(26)21-10-7-15(2)29-21/h3-11,28H,12-13H2,1-2H3/t23-/m0/s1. The Morgan fingerprint density at radius 2 is 1.90 bits per heavy atom. The van der Waals surface area contributed by atoms with Gasteiger partial charge in [0.1, 0.15) is 5.76 Å². The number of aryl methyl sites for hydroxylation is 2. The van der Waals surface area contributed by atoms with Gasteiger partial charge in [0, 0.05) is 10.6 Å². The van der Waals surface area contributed by atoms with Gasteiger partial charge in [-0.05, 0) is 55.3 Å². The number of fused-ring (bicyclic) bond motifs is 1. The van der Waals surface area contributed by atoms with Gasteiger partial charge in [-0.25, -0.2) is 0 Å². The van der Waals surface area contributed by atoms with Crippen LogP contribution in [0, 0.1) is 13.8 Å². The first kappa shape index (κ1) is 19.4. The van der Waals surface area contributed by atoms with Crippen molar-refractivity contribution in [3.63, 3.8) is 0 Å². The molecular formula is C23H20ClNO4. The number of ketones is 1. The Kier molecular flexibility index (Phi) is 4.81. The second-order valence-corrected chi connectivity index (χ2v) is 7.79. The molecule has 29 heavy (non-hydrogen) atoms. The minimum Gasteiger partial charge on any atom is -0.458 e. The molecule has 2 aromatic carbocycles. The van der Waals surface area contributed by atoms with Crippen molar-refractivity contribution in [1.82, 2.24) is 0 Å². The maximum absolute atomic E-state index is 13.3. The van der Waals surface area contributed by atoms with E-state index >= 15 is 0 Å². The number of furan rings is 1. The number of benzene rings is 2. The summed E-state index contributed by atoms with van der Waals surface area (Å²) in [6, 6.07) is 15.9. The smallest absolute Gasteiger partial charge is 0.264 e. The Balaban J connectivity index is 1.73. The van der Waals surface area contributed by atoms with E-state index in [4.69, 9.17) is 16.0 Å². The number of anilines is 1. The molecule has 2 heterocycles. The van der Waals surface area contributed by atoms with Gasteiger partial charge in [-0.3, -0.25) is 9.59 Å². The lowest BCUT2D eigenvalue weighted by Gasteiger charge is -2.23. The third kappa shape index (κ3) is 3.37. The van der Waals surface area contributed by atoms with Crippen molar-refractivity contribution in [2.24, 2.45) is 0 Å². The molecule has 3 aromatic rings. The summed E-state index contributed by atoms with van der Waals surface area (Å²) in [6.07, 6.45) is -0.420. The van der Waals surface area contributed by atoms with Gasteiger partial charge in [0.05, 0.1) is 18.7 Å². The minimum atomic E-state index is -2.00. The summed E-state index contributed by atoms with van der Waals surface area (Å²) < 4.78 is 5.37. The molecule has 0 fully saturated rings. The van der Waals surface area contributed by atoms with Gasteiger partial charge in [-0.2, -0.15) is 0 Å². The Labute approximate surface area is 173 Å². The van der Waals surface area contributed by atoms with Crippen molar-refractivity contribution in [3.05, 3.63) is 87.8 Å². The Morgan fingerprint density at radius 3 is 2.59 bits per heavy atom.